The number of nitrogens with two attached hydrogens (primary N) is 1. The van der Waals surface area contributed by atoms with Crippen LogP contribution in [0.15, 0.2) is 58.7 Å². The van der Waals surface area contributed by atoms with E-state index in [1.54, 1.807) is 16.3 Å². The molecule has 12 nitrogen and oxygen atoms in total. The van der Waals surface area contributed by atoms with E-state index in [0.717, 1.165) is 16.9 Å². The smallest absolute Gasteiger partial charge is 0.276 e. The first-order chi connectivity index (χ1) is 16.9. The lowest BCUT2D eigenvalue weighted by molar-refractivity contribution is -0.687. The van der Waals surface area contributed by atoms with Gasteiger partial charge in [-0.2, -0.15) is 0 Å². The number of thiazole rings is 1. The third-order valence-corrected chi connectivity index (χ3v) is 7.57. The molecular formula is C21H19N7O5S2. The Kier molecular flexibility index (Phi) is 5.90. The van der Waals surface area contributed by atoms with Crippen molar-refractivity contribution in [3.8, 4) is 0 Å². The van der Waals surface area contributed by atoms with Crippen molar-refractivity contribution in [2.75, 3.05) is 12.8 Å². The van der Waals surface area contributed by atoms with Crippen LogP contribution in [0.4, 0.5) is 5.13 Å². The number of thioether (sulfide) groups is 1. The lowest BCUT2D eigenvalue weighted by atomic mass is 10.1. The number of nitrogen functional groups attached to an aromatic ring is 1. The fourth-order valence-corrected chi connectivity index (χ4v) is 5.97. The van der Waals surface area contributed by atoms with Gasteiger partial charge in [-0.1, -0.05) is 11.2 Å². The maximum Gasteiger partial charge on any atom is 0.276 e. The molecule has 0 saturated carbocycles. The van der Waals surface area contributed by atoms with E-state index >= 15 is 0 Å². The molecule has 0 aromatic carbocycles. The van der Waals surface area contributed by atoms with Gasteiger partial charge in [-0.15, -0.1) is 23.1 Å². The third kappa shape index (κ3) is 4.21. The number of carboxylic acids is 1. The fraction of sp³-hybridized carbons (Fsp3) is 0.238. The maximum absolute atomic E-state index is 13.2. The number of carbonyl (C=O) groups is 3. The van der Waals surface area contributed by atoms with E-state index in [0.29, 0.717) is 5.57 Å². The Hall–Kier alpha value is -3.91. The van der Waals surface area contributed by atoms with Crippen molar-refractivity contribution in [1.29, 1.82) is 0 Å². The standard InChI is InChI=1S/C21H19N7O5S2/c1-33-25-16(13-9-34-21(22)23-13)18(30)24-19-12(8-26-7-11-4-2-3-5-27(11)10-26)17(20(31)32)28-14(29)6-15(28)35-19/h2-5,7,9-10,15,19H,6,8H2,1H3,(H3-,22,23,24,30,31,32)/t15-,19?/m0/s1. The Morgan fingerprint density at radius 1 is 1.43 bits per heavy atom. The van der Waals surface area contributed by atoms with Crippen LogP contribution in [-0.2, 0) is 25.8 Å². The van der Waals surface area contributed by atoms with E-state index < -0.39 is 22.6 Å². The largest absolute Gasteiger partial charge is 0.543 e. The van der Waals surface area contributed by atoms with Gasteiger partial charge in [0.05, 0.1) is 29.7 Å². The third-order valence-electron chi connectivity index (χ3n) is 5.53. The molecule has 3 N–H and O–H groups in total. The summed E-state index contributed by atoms with van der Waals surface area (Å²) < 4.78 is 3.65. The number of aliphatic carboxylic acids is 1. The van der Waals surface area contributed by atoms with E-state index in [-0.39, 0.29) is 41.1 Å². The Morgan fingerprint density at radius 3 is 2.91 bits per heavy atom. The average molecular weight is 514 g/mol. The lowest BCUT2D eigenvalue weighted by Gasteiger charge is -2.48. The molecule has 180 valence electrons. The number of nitrogens with one attached hydrogen (secondary N) is 1. The van der Waals surface area contributed by atoms with Crippen molar-refractivity contribution in [2.45, 2.75) is 23.7 Å². The predicted octanol–water partition coefficient (Wildman–Crippen LogP) is -0.932. The van der Waals surface area contributed by atoms with E-state index in [1.165, 1.54) is 23.8 Å². The average Bonchev–Trinajstić information content (AvgIpc) is 3.43. The molecule has 2 amide bonds. The van der Waals surface area contributed by atoms with Gasteiger partial charge in [0, 0.05) is 11.0 Å². The molecule has 2 atom stereocenters. The van der Waals surface area contributed by atoms with Gasteiger partial charge in [-0.05, 0) is 12.1 Å². The van der Waals surface area contributed by atoms with Gasteiger partial charge >= 0.3 is 0 Å². The summed E-state index contributed by atoms with van der Waals surface area (Å²) in [5.74, 6) is -2.42. The minimum Gasteiger partial charge on any atom is -0.543 e. The molecule has 14 heteroatoms. The first-order valence-electron chi connectivity index (χ1n) is 10.4. The minimum absolute atomic E-state index is 0.0971. The molecule has 2 aliphatic heterocycles. The summed E-state index contributed by atoms with van der Waals surface area (Å²) in [5.41, 5.74) is 6.78. The molecule has 5 heterocycles. The number of fused-ring (bicyclic) bond motifs is 2. The van der Waals surface area contributed by atoms with Gasteiger partial charge in [0.25, 0.3) is 5.91 Å². The summed E-state index contributed by atoms with van der Waals surface area (Å²) in [6.07, 6.45) is 5.64. The van der Waals surface area contributed by atoms with Crippen LogP contribution in [-0.4, -0.2) is 55.6 Å². The number of anilines is 1. The molecule has 1 saturated heterocycles. The number of hydrogen-bond donors (Lipinski definition) is 2. The fourth-order valence-electron chi connectivity index (χ4n) is 4.00. The van der Waals surface area contributed by atoms with E-state index in [2.05, 4.69) is 15.5 Å². The highest BCUT2D eigenvalue weighted by Crippen LogP contribution is 2.43. The zero-order valence-corrected chi connectivity index (χ0v) is 19.9. The van der Waals surface area contributed by atoms with Crippen LogP contribution in [0.5, 0.6) is 0 Å². The van der Waals surface area contributed by atoms with Crippen molar-refractivity contribution in [2.24, 2.45) is 5.16 Å². The van der Waals surface area contributed by atoms with Crippen molar-refractivity contribution in [3.63, 3.8) is 0 Å². The zero-order valence-electron chi connectivity index (χ0n) is 18.3. The highest BCUT2D eigenvalue weighted by molar-refractivity contribution is 8.00. The van der Waals surface area contributed by atoms with Crippen molar-refractivity contribution in [3.05, 3.63) is 59.3 Å². The molecule has 1 fully saturated rings. The zero-order chi connectivity index (χ0) is 24.7. The van der Waals surface area contributed by atoms with Crippen LogP contribution >= 0.6 is 23.1 Å². The summed E-state index contributed by atoms with van der Waals surface area (Å²) >= 11 is 2.41. The van der Waals surface area contributed by atoms with Crippen LogP contribution in [0.25, 0.3) is 5.52 Å². The Bertz CT molecular complexity index is 1380. The number of imidazole rings is 1. The predicted molar refractivity (Wildman–Crippen MR) is 124 cm³/mol. The Labute approximate surface area is 206 Å². The SMILES string of the molecule is CON=C(C(=O)NC1S[C@H]2CC(=O)N2C(C(=O)[O-])=C1C[n+]1cc2ccccn2c1)c1csc(N)n1. The second-order valence-electron chi connectivity index (χ2n) is 7.72. The number of carbonyl (C=O) groups excluding carboxylic acids is 3. The van der Waals surface area contributed by atoms with Gasteiger partial charge < -0.3 is 25.8 Å². The topological polar surface area (TPSA) is 158 Å². The summed E-state index contributed by atoms with van der Waals surface area (Å²) in [6.45, 7) is 0.0971. The molecule has 0 bridgehead atoms. The number of rotatable bonds is 7. The first kappa shape index (κ1) is 22.9. The Morgan fingerprint density at radius 2 is 2.26 bits per heavy atom. The number of carboxylic acid groups (broad SMARTS) is 1. The van der Waals surface area contributed by atoms with Gasteiger partial charge in [0.15, 0.2) is 16.4 Å². The monoisotopic (exact) mass is 513 g/mol. The molecule has 5 rings (SSSR count). The molecule has 0 aliphatic carbocycles. The number of pyridine rings is 1. The van der Waals surface area contributed by atoms with E-state index in [4.69, 9.17) is 10.6 Å². The first-order valence-corrected chi connectivity index (χ1v) is 12.2. The maximum atomic E-state index is 13.2. The molecule has 2 aliphatic rings. The summed E-state index contributed by atoms with van der Waals surface area (Å²) in [7, 11) is 1.30. The molecule has 0 spiro atoms. The minimum atomic E-state index is -1.49. The molecule has 0 radical (unpaired) electrons. The van der Waals surface area contributed by atoms with Gasteiger partial charge in [-0.3, -0.25) is 14.5 Å². The second kappa shape index (κ2) is 9.03. The summed E-state index contributed by atoms with van der Waals surface area (Å²) in [6, 6.07) is 5.66. The van der Waals surface area contributed by atoms with Crippen LogP contribution in [0, 0.1) is 0 Å². The van der Waals surface area contributed by atoms with Crippen LogP contribution in [0.1, 0.15) is 12.1 Å². The quantitative estimate of drug-likeness (QED) is 0.177. The van der Waals surface area contributed by atoms with Crippen molar-refractivity contribution < 1.29 is 28.9 Å². The van der Waals surface area contributed by atoms with Gasteiger partial charge in [-0.25, -0.2) is 14.0 Å². The van der Waals surface area contributed by atoms with Crippen LogP contribution in [0.3, 0.4) is 0 Å². The normalized spacial score (nSPS) is 20.0. The molecule has 35 heavy (non-hydrogen) atoms. The highest BCUT2D eigenvalue weighted by Gasteiger charge is 2.47. The second-order valence-corrected chi connectivity index (χ2v) is 9.89. The Balaban J connectivity index is 1.52. The van der Waals surface area contributed by atoms with Gasteiger partial charge in [0.1, 0.15) is 30.9 Å². The number of amides is 2. The lowest BCUT2D eigenvalue weighted by Crippen LogP contribution is -2.60. The van der Waals surface area contributed by atoms with Crippen LogP contribution in [0.2, 0.25) is 0 Å². The highest BCUT2D eigenvalue weighted by atomic mass is 32.2. The number of nitrogens with zero attached hydrogens (tertiary/aromatic N) is 5. The summed E-state index contributed by atoms with van der Waals surface area (Å²) in [4.78, 5) is 47.8. The van der Waals surface area contributed by atoms with Crippen molar-refractivity contribution in [1.82, 2.24) is 19.6 Å². The van der Waals surface area contributed by atoms with E-state index in [1.807, 2.05) is 35.0 Å². The van der Waals surface area contributed by atoms with Crippen LogP contribution < -0.4 is 20.7 Å². The summed E-state index contributed by atoms with van der Waals surface area (Å²) in [5, 5.41) is 19.4. The number of β-lactam (4-membered cyclic amide) rings is 1. The van der Waals surface area contributed by atoms with Crippen molar-refractivity contribution >= 4 is 57.2 Å². The number of hydrogen-bond acceptors (Lipinski definition) is 10. The number of oxime groups is 1. The molecule has 3 aromatic heterocycles. The molecule has 1 unspecified atom stereocenters. The number of aromatic nitrogens is 3. The molecule has 3 aromatic rings. The van der Waals surface area contributed by atoms with Gasteiger partial charge in [0.2, 0.25) is 12.2 Å². The van der Waals surface area contributed by atoms with E-state index in [9.17, 15) is 19.5 Å². The molecular weight excluding hydrogens is 494 g/mol.